The van der Waals surface area contributed by atoms with E-state index in [1.807, 2.05) is 24.4 Å². The van der Waals surface area contributed by atoms with E-state index in [1.54, 1.807) is 0 Å². The predicted octanol–water partition coefficient (Wildman–Crippen LogP) is 1.00. The van der Waals surface area contributed by atoms with E-state index in [1.165, 1.54) is 14.2 Å². The highest BCUT2D eigenvalue weighted by Gasteiger charge is 2.19. The molecule has 0 saturated carbocycles. The molecule has 23 heavy (non-hydrogen) atoms. The molecule has 0 radical (unpaired) electrons. The zero-order valence-electron chi connectivity index (χ0n) is 13.3. The third kappa shape index (κ3) is 3.58. The first-order chi connectivity index (χ1) is 11.3. The number of anilines is 2. The number of hydrogen-bond acceptors (Lipinski definition) is 8. The van der Waals surface area contributed by atoms with Crippen molar-refractivity contribution in [3.8, 4) is 12.0 Å². The molecule has 0 amide bonds. The summed E-state index contributed by atoms with van der Waals surface area (Å²) < 4.78 is 10.2. The van der Waals surface area contributed by atoms with Crippen molar-refractivity contribution in [1.82, 2.24) is 19.9 Å². The summed E-state index contributed by atoms with van der Waals surface area (Å²) in [6.07, 6.45) is 2.81. The Morgan fingerprint density at radius 3 is 2.22 bits per heavy atom. The lowest BCUT2D eigenvalue weighted by molar-refractivity contribution is 0.340. The second kappa shape index (κ2) is 7.08. The van der Waals surface area contributed by atoms with Crippen LogP contribution in [0, 0.1) is 0 Å². The van der Waals surface area contributed by atoms with Crippen molar-refractivity contribution < 1.29 is 9.47 Å². The Labute approximate surface area is 135 Å². The van der Waals surface area contributed by atoms with E-state index in [0.717, 1.165) is 38.4 Å². The van der Waals surface area contributed by atoms with E-state index in [0.29, 0.717) is 5.95 Å². The Kier molecular flexibility index (Phi) is 4.70. The van der Waals surface area contributed by atoms with Crippen LogP contribution in [0.15, 0.2) is 24.4 Å². The highest BCUT2D eigenvalue weighted by molar-refractivity contribution is 5.40. The summed E-state index contributed by atoms with van der Waals surface area (Å²) in [6, 6.07) is 6.49. The van der Waals surface area contributed by atoms with Gasteiger partial charge in [-0.05, 0) is 18.6 Å². The minimum absolute atomic E-state index is 0.262. The van der Waals surface area contributed by atoms with Gasteiger partial charge in [-0.3, -0.25) is 0 Å². The van der Waals surface area contributed by atoms with Crippen molar-refractivity contribution in [1.29, 1.82) is 0 Å². The van der Waals surface area contributed by atoms with Crippen molar-refractivity contribution in [2.24, 2.45) is 0 Å². The van der Waals surface area contributed by atoms with Gasteiger partial charge in [-0.1, -0.05) is 6.07 Å². The molecule has 8 heteroatoms. The topological polar surface area (TPSA) is 76.5 Å². The molecule has 1 aliphatic heterocycles. The molecule has 3 heterocycles. The van der Waals surface area contributed by atoms with Gasteiger partial charge in [0.05, 0.1) is 14.2 Å². The summed E-state index contributed by atoms with van der Waals surface area (Å²) in [5.74, 6) is 1.58. The maximum absolute atomic E-state index is 5.12. The van der Waals surface area contributed by atoms with Crippen molar-refractivity contribution in [3.05, 3.63) is 24.4 Å². The van der Waals surface area contributed by atoms with Crippen LogP contribution < -0.4 is 19.3 Å². The van der Waals surface area contributed by atoms with Gasteiger partial charge in [0.2, 0.25) is 5.95 Å². The van der Waals surface area contributed by atoms with Crippen LogP contribution in [0.4, 0.5) is 11.8 Å². The fourth-order valence-corrected chi connectivity index (χ4v) is 2.54. The summed E-state index contributed by atoms with van der Waals surface area (Å²) in [7, 11) is 3.06. The van der Waals surface area contributed by atoms with E-state index in [4.69, 9.17) is 9.47 Å². The normalized spacial score (nSPS) is 15.2. The van der Waals surface area contributed by atoms with Crippen molar-refractivity contribution in [2.75, 3.05) is 50.2 Å². The Bertz CT molecular complexity index is 617. The molecular weight excluding hydrogens is 296 g/mol. The summed E-state index contributed by atoms with van der Waals surface area (Å²) in [5, 5.41) is 0. The number of nitrogens with zero attached hydrogens (tertiary/aromatic N) is 6. The van der Waals surface area contributed by atoms with Crippen LogP contribution in [0.1, 0.15) is 6.42 Å². The van der Waals surface area contributed by atoms with E-state index in [-0.39, 0.29) is 12.0 Å². The van der Waals surface area contributed by atoms with E-state index in [2.05, 4.69) is 29.7 Å². The van der Waals surface area contributed by atoms with Crippen LogP contribution in [-0.4, -0.2) is 60.3 Å². The summed E-state index contributed by atoms with van der Waals surface area (Å²) in [4.78, 5) is 21.5. The van der Waals surface area contributed by atoms with E-state index in [9.17, 15) is 0 Å². The molecule has 2 aromatic heterocycles. The van der Waals surface area contributed by atoms with Gasteiger partial charge in [0.25, 0.3) is 0 Å². The molecular formula is C15H20N6O2. The largest absolute Gasteiger partial charge is 0.467 e. The van der Waals surface area contributed by atoms with Gasteiger partial charge >= 0.3 is 12.0 Å². The fourth-order valence-electron chi connectivity index (χ4n) is 2.54. The lowest BCUT2D eigenvalue weighted by Gasteiger charge is -2.22. The third-order valence-corrected chi connectivity index (χ3v) is 3.70. The molecule has 0 aliphatic carbocycles. The van der Waals surface area contributed by atoms with Crippen molar-refractivity contribution in [3.63, 3.8) is 0 Å². The smallest absolute Gasteiger partial charge is 0.324 e. The molecule has 0 atom stereocenters. The fraction of sp³-hybridized carbons (Fsp3) is 0.467. The second-order valence-electron chi connectivity index (χ2n) is 5.12. The Morgan fingerprint density at radius 1 is 0.870 bits per heavy atom. The van der Waals surface area contributed by atoms with Crippen LogP contribution in [-0.2, 0) is 0 Å². The minimum Gasteiger partial charge on any atom is -0.467 e. The van der Waals surface area contributed by atoms with Gasteiger partial charge < -0.3 is 19.3 Å². The number of rotatable bonds is 4. The Balaban J connectivity index is 1.75. The Hall–Kier alpha value is -2.64. The molecule has 3 rings (SSSR count). The monoisotopic (exact) mass is 316 g/mol. The molecule has 0 bridgehead atoms. The molecule has 0 aromatic carbocycles. The molecule has 0 spiro atoms. The van der Waals surface area contributed by atoms with Gasteiger partial charge in [-0.25, -0.2) is 4.98 Å². The van der Waals surface area contributed by atoms with E-state index < -0.39 is 0 Å². The third-order valence-electron chi connectivity index (χ3n) is 3.70. The van der Waals surface area contributed by atoms with E-state index >= 15 is 0 Å². The van der Waals surface area contributed by atoms with Crippen molar-refractivity contribution >= 4 is 11.8 Å². The first-order valence-electron chi connectivity index (χ1n) is 7.55. The highest BCUT2D eigenvalue weighted by Crippen LogP contribution is 2.19. The molecule has 8 nitrogen and oxygen atoms in total. The number of pyridine rings is 1. The average Bonchev–Trinajstić information content (AvgIpc) is 2.88. The minimum atomic E-state index is 0.262. The van der Waals surface area contributed by atoms with Gasteiger partial charge in [-0.15, -0.1) is 4.98 Å². The highest BCUT2D eigenvalue weighted by atomic mass is 16.5. The van der Waals surface area contributed by atoms with Crippen molar-refractivity contribution in [2.45, 2.75) is 6.42 Å². The maximum atomic E-state index is 5.12. The quantitative estimate of drug-likeness (QED) is 0.827. The molecule has 122 valence electrons. The van der Waals surface area contributed by atoms with Crippen LogP contribution in [0.2, 0.25) is 0 Å². The average molecular weight is 316 g/mol. The lowest BCUT2D eigenvalue weighted by Crippen LogP contribution is -2.32. The van der Waals surface area contributed by atoms with Gasteiger partial charge in [0.15, 0.2) is 0 Å². The molecule has 1 saturated heterocycles. The SMILES string of the molecule is COc1nc(OC)nc(N2CCCN(c3ccccn3)CC2)n1. The summed E-state index contributed by atoms with van der Waals surface area (Å²) in [5.41, 5.74) is 0. The molecule has 1 fully saturated rings. The van der Waals surface area contributed by atoms with Crippen LogP contribution in [0.5, 0.6) is 12.0 Å². The van der Waals surface area contributed by atoms with Gasteiger partial charge in [0.1, 0.15) is 5.82 Å². The van der Waals surface area contributed by atoms with Gasteiger partial charge in [0, 0.05) is 32.4 Å². The number of methoxy groups -OCH3 is 2. The van der Waals surface area contributed by atoms with Crippen LogP contribution in [0.3, 0.4) is 0 Å². The second-order valence-corrected chi connectivity index (χ2v) is 5.12. The maximum Gasteiger partial charge on any atom is 0.324 e. The zero-order chi connectivity index (χ0) is 16.1. The standard InChI is InChI=1S/C15H20N6O2/c1-22-14-17-13(18-15(19-14)23-2)21-9-5-8-20(10-11-21)12-6-3-4-7-16-12/h3-4,6-7H,5,8-11H2,1-2H3. The van der Waals surface area contributed by atoms with Gasteiger partial charge in [-0.2, -0.15) is 9.97 Å². The Morgan fingerprint density at radius 2 is 1.57 bits per heavy atom. The molecule has 2 aromatic rings. The molecule has 1 aliphatic rings. The van der Waals surface area contributed by atoms with Crippen LogP contribution >= 0.6 is 0 Å². The zero-order valence-corrected chi connectivity index (χ0v) is 13.3. The first kappa shape index (κ1) is 15.3. The molecule has 0 unspecified atom stereocenters. The predicted molar refractivity (Wildman–Crippen MR) is 86.2 cm³/mol. The number of aromatic nitrogens is 4. The lowest BCUT2D eigenvalue weighted by atomic mass is 10.3. The summed E-state index contributed by atoms with van der Waals surface area (Å²) in [6.45, 7) is 3.47. The summed E-state index contributed by atoms with van der Waals surface area (Å²) >= 11 is 0. The number of hydrogen-bond donors (Lipinski definition) is 0. The van der Waals surface area contributed by atoms with Crippen LogP contribution in [0.25, 0.3) is 0 Å². The molecule has 0 N–H and O–H groups in total. The number of ether oxygens (including phenoxy) is 2. The first-order valence-corrected chi connectivity index (χ1v) is 7.55.